The Balaban J connectivity index is 1.40. The van der Waals surface area contributed by atoms with Gasteiger partial charge >= 0.3 is 0 Å². The van der Waals surface area contributed by atoms with Crippen LogP contribution in [0, 0.1) is 52.8 Å². The van der Waals surface area contributed by atoms with E-state index in [0.717, 1.165) is 60.2 Å². The first-order valence-corrected chi connectivity index (χ1v) is 13.7. The highest BCUT2D eigenvalue weighted by molar-refractivity contribution is 5.24. The molecule has 3 saturated carbocycles. The van der Waals surface area contributed by atoms with Crippen LogP contribution in [0.15, 0.2) is 11.6 Å². The third-order valence-electron chi connectivity index (χ3n) is 10.8. The molecule has 1 N–H and O–H groups in total. The van der Waals surface area contributed by atoms with Gasteiger partial charge in [-0.1, -0.05) is 65.5 Å². The highest BCUT2D eigenvalue weighted by Gasteiger charge is 2.54. The van der Waals surface area contributed by atoms with Crippen LogP contribution in [0.5, 0.6) is 0 Å². The first kappa shape index (κ1) is 22.9. The fourth-order valence-corrected chi connectivity index (χ4v) is 8.92. The topological polar surface area (TPSA) is 20.2 Å². The second kappa shape index (κ2) is 9.29. The zero-order chi connectivity index (χ0) is 21.5. The van der Waals surface area contributed by atoms with Crippen molar-refractivity contribution in [2.75, 3.05) is 0 Å². The van der Waals surface area contributed by atoms with Gasteiger partial charge in [-0.2, -0.15) is 0 Å². The fourth-order valence-electron chi connectivity index (χ4n) is 8.92. The van der Waals surface area contributed by atoms with Crippen molar-refractivity contribution in [3.05, 3.63) is 11.6 Å². The van der Waals surface area contributed by atoms with Crippen LogP contribution in [0.2, 0.25) is 0 Å². The normalized spacial score (nSPS) is 42.8. The van der Waals surface area contributed by atoms with Crippen molar-refractivity contribution in [1.29, 1.82) is 0 Å². The summed E-state index contributed by atoms with van der Waals surface area (Å²) in [6.45, 7) is 12.4. The predicted octanol–water partition coefficient (Wildman–Crippen LogP) is 8.02. The molecular weight excluding hydrogens is 364 g/mol. The Morgan fingerprint density at radius 2 is 1.73 bits per heavy atom. The molecule has 1 nitrogen and oxygen atoms in total. The number of fused-ring (bicyclic) bond motifs is 5. The third kappa shape index (κ3) is 4.18. The quantitative estimate of drug-likeness (QED) is 0.418. The molecule has 0 aromatic rings. The minimum atomic E-state index is -0.0729. The SMILES string of the molecule is CCC[C@H](CC[C@@H](C)[C@H]1CC[C@@H]2[C@H]1CC[C@@H]1[C@H]2CC=C2C[C@@H](O)CC[C@@]21C)C(C)C. The first-order valence-electron chi connectivity index (χ1n) is 13.7. The summed E-state index contributed by atoms with van der Waals surface area (Å²) in [5.74, 6) is 7.55. The number of aliphatic hydroxyl groups excluding tert-OH is 1. The molecular formula is C29H50O. The highest BCUT2D eigenvalue weighted by Crippen LogP contribution is 2.63. The van der Waals surface area contributed by atoms with Crippen LogP contribution in [-0.4, -0.2) is 11.2 Å². The highest BCUT2D eigenvalue weighted by atomic mass is 16.3. The van der Waals surface area contributed by atoms with Gasteiger partial charge in [0.2, 0.25) is 0 Å². The van der Waals surface area contributed by atoms with E-state index in [0.29, 0.717) is 5.41 Å². The van der Waals surface area contributed by atoms with Crippen LogP contribution in [0.25, 0.3) is 0 Å². The Morgan fingerprint density at radius 1 is 0.967 bits per heavy atom. The van der Waals surface area contributed by atoms with Gasteiger partial charge in [-0.05, 0) is 111 Å². The molecule has 3 fully saturated rings. The Bertz CT molecular complexity index is 605. The molecule has 4 aliphatic carbocycles. The summed E-state index contributed by atoms with van der Waals surface area (Å²) < 4.78 is 0. The zero-order valence-corrected chi connectivity index (χ0v) is 20.7. The minimum Gasteiger partial charge on any atom is -0.393 e. The molecule has 172 valence electrons. The van der Waals surface area contributed by atoms with Crippen molar-refractivity contribution in [2.45, 2.75) is 118 Å². The molecule has 0 saturated heterocycles. The molecule has 0 aliphatic heterocycles. The zero-order valence-electron chi connectivity index (χ0n) is 20.7. The molecule has 0 aromatic carbocycles. The molecule has 0 amide bonds. The van der Waals surface area contributed by atoms with E-state index in [1.54, 1.807) is 5.57 Å². The Kier molecular flexibility index (Phi) is 7.08. The van der Waals surface area contributed by atoms with Gasteiger partial charge < -0.3 is 5.11 Å². The number of rotatable bonds is 7. The summed E-state index contributed by atoms with van der Waals surface area (Å²) in [6.07, 6.45) is 18.7. The third-order valence-corrected chi connectivity index (χ3v) is 10.8. The van der Waals surface area contributed by atoms with Crippen LogP contribution < -0.4 is 0 Å². The average molecular weight is 415 g/mol. The van der Waals surface area contributed by atoms with Crippen molar-refractivity contribution in [3.8, 4) is 0 Å². The first-order chi connectivity index (χ1) is 14.3. The van der Waals surface area contributed by atoms with Gasteiger partial charge in [0.15, 0.2) is 0 Å². The van der Waals surface area contributed by atoms with E-state index in [2.05, 4.69) is 40.7 Å². The lowest BCUT2D eigenvalue weighted by Crippen LogP contribution is -2.47. The molecule has 0 aromatic heterocycles. The maximum absolute atomic E-state index is 10.2. The molecule has 4 aliphatic rings. The van der Waals surface area contributed by atoms with E-state index in [4.69, 9.17) is 0 Å². The average Bonchev–Trinajstić information content (AvgIpc) is 3.15. The molecule has 0 heterocycles. The van der Waals surface area contributed by atoms with Gasteiger partial charge in [-0.15, -0.1) is 0 Å². The second-order valence-electron chi connectivity index (χ2n) is 12.5. The van der Waals surface area contributed by atoms with Gasteiger partial charge in [0.05, 0.1) is 6.10 Å². The molecule has 0 bridgehead atoms. The molecule has 0 spiro atoms. The van der Waals surface area contributed by atoms with Gasteiger partial charge in [-0.25, -0.2) is 0 Å². The van der Waals surface area contributed by atoms with Crippen molar-refractivity contribution < 1.29 is 5.11 Å². The lowest BCUT2D eigenvalue weighted by atomic mass is 9.50. The molecule has 4 rings (SSSR count). The lowest BCUT2D eigenvalue weighted by Gasteiger charge is -2.55. The summed E-state index contributed by atoms with van der Waals surface area (Å²) in [6, 6.07) is 0. The van der Waals surface area contributed by atoms with E-state index in [9.17, 15) is 5.11 Å². The Morgan fingerprint density at radius 3 is 2.47 bits per heavy atom. The number of hydrogen-bond acceptors (Lipinski definition) is 1. The van der Waals surface area contributed by atoms with Gasteiger partial charge in [0.1, 0.15) is 0 Å². The van der Waals surface area contributed by atoms with Gasteiger partial charge in [-0.3, -0.25) is 0 Å². The largest absolute Gasteiger partial charge is 0.393 e. The fraction of sp³-hybridized carbons (Fsp3) is 0.931. The standard InChI is InChI=1S/C29H50O/c1-6-7-21(19(2)3)9-8-20(4)24-12-13-26-25(24)14-15-28-27(26)11-10-22-18-23(30)16-17-29(22,28)5/h10,19-21,23-28,30H,6-9,11-18H2,1-5H3/t20-,21-,23+,24-,25+,26-,27+,28-,29+/m1/s1. The van der Waals surface area contributed by atoms with Crippen LogP contribution in [0.1, 0.15) is 112 Å². The van der Waals surface area contributed by atoms with Crippen LogP contribution in [0.4, 0.5) is 0 Å². The minimum absolute atomic E-state index is 0.0729. The van der Waals surface area contributed by atoms with Crippen molar-refractivity contribution >= 4 is 0 Å². The number of allylic oxidation sites excluding steroid dienone is 1. The maximum atomic E-state index is 10.2. The lowest BCUT2D eigenvalue weighted by molar-refractivity contribution is -0.0154. The van der Waals surface area contributed by atoms with Crippen molar-refractivity contribution in [2.24, 2.45) is 52.8 Å². The summed E-state index contributed by atoms with van der Waals surface area (Å²) in [7, 11) is 0. The van der Waals surface area contributed by atoms with E-state index in [1.165, 1.54) is 64.2 Å². The smallest absolute Gasteiger partial charge is 0.0577 e. The van der Waals surface area contributed by atoms with E-state index in [1.807, 2.05) is 0 Å². The predicted molar refractivity (Wildman–Crippen MR) is 128 cm³/mol. The summed E-state index contributed by atoms with van der Waals surface area (Å²) in [5, 5.41) is 10.2. The molecule has 0 unspecified atom stereocenters. The Hall–Kier alpha value is -0.300. The van der Waals surface area contributed by atoms with Crippen LogP contribution in [0.3, 0.4) is 0 Å². The number of aliphatic hydroxyl groups is 1. The van der Waals surface area contributed by atoms with Crippen molar-refractivity contribution in [3.63, 3.8) is 0 Å². The van der Waals surface area contributed by atoms with Crippen LogP contribution >= 0.6 is 0 Å². The van der Waals surface area contributed by atoms with E-state index >= 15 is 0 Å². The van der Waals surface area contributed by atoms with Crippen LogP contribution in [-0.2, 0) is 0 Å². The second-order valence-corrected chi connectivity index (χ2v) is 12.5. The van der Waals surface area contributed by atoms with Gasteiger partial charge in [0, 0.05) is 0 Å². The maximum Gasteiger partial charge on any atom is 0.0577 e. The summed E-state index contributed by atoms with van der Waals surface area (Å²) >= 11 is 0. The van der Waals surface area contributed by atoms with E-state index < -0.39 is 0 Å². The summed E-state index contributed by atoms with van der Waals surface area (Å²) in [4.78, 5) is 0. The number of hydrogen-bond donors (Lipinski definition) is 1. The molecule has 0 radical (unpaired) electrons. The molecule has 30 heavy (non-hydrogen) atoms. The Labute approximate surface area is 187 Å². The molecule has 9 atom stereocenters. The molecule has 1 heteroatoms. The van der Waals surface area contributed by atoms with E-state index in [-0.39, 0.29) is 6.10 Å². The summed E-state index contributed by atoms with van der Waals surface area (Å²) in [5.41, 5.74) is 2.03. The van der Waals surface area contributed by atoms with Gasteiger partial charge in [0.25, 0.3) is 0 Å². The van der Waals surface area contributed by atoms with Crippen molar-refractivity contribution in [1.82, 2.24) is 0 Å². The monoisotopic (exact) mass is 414 g/mol.